The zero-order valence-electron chi connectivity index (χ0n) is 11.8. The van der Waals surface area contributed by atoms with Crippen molar-refractivity contribution in [2.24, 2.45) is 11.8 Å². The fraction of sp³-hybridized carbons (Fsp3) is 0.625. The lowest BCUT2D eigenvalue weighted by atomic mass is 10.1. The van der Waals surface area contributed by atoms with Gasteiger partial charge in [0, 0.05) is 12.6 Å². The molecule has 2 aliphatic rings. The average Bonchev–Trinajstić information content (AvgIpc) is 3.31. The van der Waals surface area contributed by atoms with E-state index in [0.29, 0.717) is 19.2 Å². The van der Waals surface area contributed by atoms with Crippen LogP contribution >= 0.6 is 0 Å². The molecule has 2 fully saturated rings. The second-order valence-corrected chi connectivity index (χ2v) is 6.03. The average molecular weight is 299 g/mol. The normalized spacial score (nSPS) is 19.0. The second kappa shape index (κ2) is 5.87. The Labute approximate surface area is 122 Å². The van der Waals surface area contributed by atoms with Crippen molar-refractivity contribution in [3.63, 3.8) is 0 Å². The molecule has 21 heavy (non-hydrogen) atoms. The van der Waals surface area contributed by atoms with E-state index in [0.717, 1.165) is 24.0 Å². The highest BCUT2D eigenvalue weighted by Crippen LogP contribution is 2.44. The van der Waals surface area contributed by atoms with E-state index in [-0.39, 0.29) is 5.75 Å². The highest BCUT2D eigenvalue weighted by Gasteiger charge is 2.40. The molecule has 5 heteroatoms. The van der Waals surface area contributed by atoms with Gasteiger partial charge in [0.05, 0.1) is 5.56 Å². The number of ether oxygens (including phenoxy) is 1. The second-order valence-electron chi connectivity index (χ2n) is 6.03. The lowest BCUT2D eigenvalue weighted by Crippen LogP contribution is -2.36. The van der Waals surface area contributed by atoms with E-state index < -0.39 is 11.7 Å². The van der Waals surface area contributed by atoms with Crippen LogP contribution in [0, 0.1) is 11.8 Å². The molecule has 0 amide bonds. The zero-order valence-corrected chi connectivity index (χ0v) is 11.8. The number of benzene rings is 1. The highest BCUT2D eigenvalue weighted by atomic mass is 19.4. The van der Waals surface area contributed by atoms with Gasteiger partial charge in [0.25, 0.3) is 0 Å². The molecule has 1 aromatic rings. The van der Waals surface area contributed by atoms with Crippen LogP contribution in [0.3, 0.4) is 0 Å². The summed E-state index contributed by atoms with van der Waals surface area (Å²) in [6, 6.07) is 5.65. The molecule has 2 nitrogen and oxygen atoms in total. The highest BCUT2D eigenvalue weighted by molar-refractivity contribution is 5.30. The number of halogens is 3. The first kappa shape index (κ1) is 14.7. The summed E-state index contributed by atoms with van der Waals surface area (Å²) < 4.78 is 43.2. The lowest BCUT2D eigenvalue weighted by Gasteiger charge is -2.18. The molecule has 3 rings (SSSR count). The van der Waals surface area contributed by atoms with Crippen LogP contribution in [0.15, 0.2) is 24.3 Å². The van der Waals surface area contributed by atoms with Gasteiger partial charge in [0.1, 0.15) is 12.4 Å². The van der Waals surface area contributed by atoms with E-state index in [2.05, 4.69) is 5.32 Å². The van der Waals surface area contributed by atoms with Gasteiger partial charge in [0.15, 0.2) is 0 Å². The maximum Gasteiger partial charge on any atom is 0.416 e. The van der Waals surface area contributed by atoms with Crippen molar-refractivity contribution in [1.82, 2.24) is 5.32 Å². The SMILES string of the molecule is FC(F)(F)c1cccc(OCCNC(C2CC2)C2CC2)c1. The van der Waals surface area contributed by atoms with Crippen molar-refractivity contribution in [3.05, 3.63) is 29.8 Å². The Morgan fingerprint density at radius 1 is 1.14 bits per heavy atom. The molecule has 1 aromatic carbocycles. The first-order valence-corrected chi connectivity index (χ1v) is 7.57. The minimum absolute atomic E-state index is 0.279. The molecule has 116 valence electrons. The summed E-state index contributed by atoms with van der Waals surface area (Å²) in [5.74, 6) is 1.90. The van der Waals surface area contributed by atoms with Gasteiger partial charge < -0.3 is 10.1 Å². The minimum Gasteiger partial charge on any atom is -0.492 e. The van der Waals surface area contributed by atoms with E-state index in [1.54, 1.807) is 6.07 Å². The van der Waals surface area contributed by atoms with Crippen LogP contribution in [0.2, 0.25) is 0 Å². The molecular formula is C16H20F3NO. The molecule has 0 radical (unpaired) electrons. The van der Waals surface area contributed by atoms with Gasteiger partial charge in [-0.1, -0.05) is 6.07 Å². The minimum atomic E-state index is -4.32. The Morgan fingerprint density at radius 2 is 1.81 bits per heavy atom. The molecule has 0 heterocycles. The lowest BCUT2D eigenvalue weighted by molar-refractivity contribution is -0.137. The van der Waals surface area contributed by atoms with Crippen molar-refractivity contribution in [3.8, 4) is 5.75 Å². The van der Waals surface area contributed by atoms with Gasteiger partial charge in [-0.05, 0) is 55.7 Å². The quantitative estimate of drug-likeness (QED) is 0.772. The molecule has 0 aromatic heterocycles. The zero-order chi connectivity index (χ0) is 14.9. The van der Waals surface area contributed by atoms with Gasteiger partial charge in [-0.25, -0.2) is 0 Å². The molecule has 0 saturated heterocycles. The van der Waals surface area contributed by atoms with Crippen LogP contribution in [0.4, 0.5) is 13.2 Å². The van der Waals surface area contributed by atoms with Gasteiger partial charge in [-0.2, -0.15) is 13.2 Å². The molecule has 0 spiro atoms. The summed E-state index contributed by atoms with van der Waals surface area (Å²) in [5, 5.41) is 3.51. The first-order valence-electron chi connectivity index (χ1n) is 7.57. The van der Waals surface area contributed by atoms with Crippen LogP contribution in [0.1, 0.15) is 31.2 Å². The standard InChI is InChI=1S/C16H20F3NO/c17-16(18,19)13-2-1-3-14(10-13)21-9-8-20-15(11-4-5-11)12-6-7-12/h1-3,10-12,15,20H,4-9H2. The number of alkyl halides is 3. The van der Waals surface area contributed by atoms with Crippen LogP contribution in [0.25, 0.3) is 0 Å². The van der Waals surface area contributed by atoms with Gasteiger partial charge in [-0.3, -0.25) is 0 Å². The third-order valence-corrected chi connectivity index (χ3v) is 4.17. The van der Waals surface area contributed by atoms with Gasteiger partial charge in [0.2, 0.25) is 0 Å². The Balaban J connectivity index is 1.44. The molecule has 0 atom stereocenters. The van der Waals surface area contributed by atoms with Gasteiger partial charge in [-0.15, -0.1) is 0 Å². The van der Waals surface area contributed by atoms with Crippen LogP contribution in [-0.2, 0) is 6.18 Å². The fourth-order valence-electron chi connectivity index (χ4n) is 2.79. The van der Waals surface area contributed by atoms with E-state index in [1.165, 1.54) is 31.7 Å². The number of hydrogen-bond acceptors (Lipinski definition) is 2. The molecule has 0 bridgehead atoms. The number of rotatable bonds is 7. The van der Waals surface area contributed by atoms with E-state index >= 15 is 0 Å². The number of hydrogen-bond donors (Lipinski definition) is 1. The van der Waals surface area contributed by atoms with E-state index in [4.69, 9.17) is 4.74 Å². The van der Waals surface area contributed by atoms with Gasteiger partial charge >= 0.3 is 6.18 Å². The van der Waals surface area contributed by atoms with Crippen LogP contribution in [0.5, 0.6) is 5.75 Å². The summed E-state index contributed by atoms with van der Waals surface area (Å²) in [6.07, 6.45) is 0.914. The predicted octanol–water partition coefficient (Wildman–Crippen LogP) is 3.86. The summed E-state index contributed by atoms with van der Waals surface area (Å²) >= 11 is 0. The molecular weight excluding hydrogens is 279 g/mol. The third kappa shape index (κ3) is 4.13. The smallest absolute Gasteiger partial charge is 0.416 e. The maximum atomic E-state index is 12.6. The van der Waals surface area contributed by atoms with Crippen molar-refractivity contribution in [1.29, 1.82) is 0 Å². The molecule has 0 aliphatic heterocycles. The molecule has 0 unspecified atom stereocenters. The largest absolute Gasteiger partial charge is 0.492 e. The van der Waals surface area contributed by atoms with E-state index in [1.807, 2.05) is 0 Å². The van der Waals surface area contributed by atoms with Crippen molar-refractivity contribution in [2.75, 3.05) is 13.2 Å². The van der Waals surface area contributed by atoms with Crippen molar-refractivity contribution >= 4 is 0 Å². The summed E-state index contributed by atoms with van der Waals surface area (Å²) in [7, 11) is 0. The van der Waals surface area contributed by atoms with E-state index in [9.17, 15) is 13.2 Å². The van der Waals surface area contributed by atoms with Crippen molar-refractivity contribution < 1.29 is 17.9 Å². The molecule has 1 N–H and O–H groups in total. The Bertz CT molecular complexity index is 469. The maximum absolute atomic E-state index is 12.6. The first-order chi connectivity index (χ1) is 10.0. The third-order valence-electron chi connectivity index (χ3n) is 4.17. The Morgan fingerprint density at radius 3 is 2.38 bits per heavy atom. The summed E-state index contributed by atoms with van der Waals surface area (Å²) in [5.41, 5.74) is -0.665. The fourth-order valence-corrected chi connectivity index (χ4v) is 2.79. The molecule has 2 saturated carbocycles. The molecule has 2 aliphatic carbocycles. The topological polar surface area (TPSA) is 21.3 Å². The number of nitrogens with one attached hydrogen (secondary N) is 1. The Kier molecular flexibility index (Phi) is 4.11. The summed E-state index contributed by atoms with van der Waals surface area (Å²) in [6.45, 7) is 1.09. The monoisotopic (exact) mass is 299 g/mol. The Hall–Kier alpha value is -1.23. The predicted molar refractivity (Wildman–Crippen MR) is 74.2 cm³/mol. The summed E-state index contributed by atoms with van der Waals surface area (Å²) in [4.78, 5) is 0. The van der Waals surface area contributed by atoms with Crippen LogP contribution < -0.4 is 10.1 Å². The van der Waals surface area contributed by atoms with Crippen LogP contribution in [-0.4, -0.2) is 19.2 Å². The van der Waals surface area contributed by atoms with Crippen molar-refractivity contribution in [2.45, 2.75) is 37.9 Å².